The summed E-state index contributed by atoms with van der Waals surface area (Å²) in [6, 6.07) is 9.31. The molecule has 1 N–H and O–H groups in total. The number of Topliss-reactive ketones (excluding diaryl/α,β-unsaturated/α-hetero) is 1. The van der Waals surface area contributed by atoms with Gasteiger partial charge in [-0.25, -0.2) is 0 Å². The molecular formula is C25H29ClN2O6. The quantitative estimate of drug-likeness (QED) is 0.327. The molecule has 2 aromatic carbocycles. The molecule has 1 atom stereocenters. The van der Waals surface area contributed by atoms with Crippen LogP contribution in [0.15, 0.2) is 42.0 Å². The molecule has 1 unspecified atom stereocenters. The standard InChI is InChI=1S/C25H29ClN2O6/c1-6-34-16-9-7-15(8-10-16)22-21(24(30)25(31)28(22)12-11-27(2)3)23(29)17-13-20(33-5)18(26)14-19(17)32-4/h7-10,13-14,22,29H,6,11-12H2,1-5H3/b23-21+. The van der Waals surface area contributed by atoms with Crippen LogP contribution in [0.4, 0.5) is 0 Å². The molecule has 1 aliphatic heterocycles. The molecule has 0 bridgehead atoms. The largest absolute Gasteiger partial charge is 0.507 e. The third kappa shape index (κ3) is 4.98. The number of rotatable bonds is 9. The summed E-state index contributed by atoms with van der Waals surface area (Å²) in [7, 11) is 6.63. The van der Waals surface area contributed by atoms with Gasteiger partial charge in [0.05, 0.1) is 43.0 Å². The number of amides is 1. The van der Waals surface area contributed by atoms with Gasteiger partial charge in [0.15, 0.2) is 0 Å². The fourth-order valence-electron chi connectivity index (χ4n) is 3.87. The lowest BCUT2D eigenvalue weighted by Crippen LogP contribution is -2.35. The number of ketones is 1. The number of likely N-dealkylation sites (tertiary alicyclic amines) is 1. The Hall–Kier alpha value is -3.23. The number of halogens is 1. The lowest BCUT2D eigenvalue weighted by molar-refractivity contribution is -0.140. The van der Waals surface area contributed by atoms with Gasteiger partial charge >= 0.3 is 0 Å². The van der Waals surface area contributed by atoms with E-state index in [-0.39, 0.29) is 27.7 Å². The van der Waals surface area contributed by atoms with Gasteiger partial charge in [-0.05, 0) is 44.8 Å². The molecule has 0 aliphatic carbocycles. The topological polar surface area (TPSA) is 88.5 Å². The zero-order valence-electron chi connectivity index (χ0n) is 19.9. The Balaban J connectivity index is 2.20. The number of hydrogen-bond donors (Lipinski definition) is 1. The van der Waals surface area contributed by atoms with Crippen LogP contribution in [-0.2, 0) is 9.59 Å². The van der Waals surface area contributed by atoms with Crippen LogP contribution in [0, 0.1) is 0 Å². The first-order valence-corrected chi connectivity index (χ1v) is 11.2. The molecule has 0 spiro atoms. The van der Waals surface area contributed by atoms with E-state index in [1.807, 2.05) is 25.9 Å². The number of aliphatic hydroxyl groups is 1. The van der Waals surface area contributed by atoms with Crippen molar-refractivity contribution in [1.29, 1.82) is 0 Å². The first kappa shape index (κ1) is 25.4. The number of likely N-dealkylation sites (N-methyl/N-ethyl adjacent to an activating group) is 1. The first-order valence-electron chi connectivity index (χ1n) is 10.8. The maximum atomic E-state index is 13.2. The third-order valence-corrected chi connectivity index (χ3v) is 5.86. The summed E-state index contributed by atoms with van der Waals surface area (Å²) in [5.41, 5.74) is 0.837. The minimum absolute atomic E-state index is 0.0319. The molecule has 8 nitrogen and oxygen atoms in total. The summed E-state index contributed by atoms with van der Waals surface area (Å²) in [6.45, 7) is 3.24. The number of benzene rings is 2. The maximum absolute atomic E-state index is 13.2. The fraction of sp³-hybridized carbons (Fsp3) is 0.360. The number of ether oxygens (including phenoxy) is 3. The Morgan fingerprint density at radius 2 is 1.74 bits per heavy atom. The second kappa shape index (κ2) is 10.8. The number of nitrogens with zero attached hydrogens (tertiary/aromatic N) is 2. The monoisotopic (exact) mass is 488 g/mol. The molecule has 2 aromatic rings. The molecule has 3 rings (SSSR count). The minimum atomic E-state index is -0.790. The van der Waals surface area contributed by atoms with Crippen LogP contribution in [0.25, 0.3) is 5.76 Å². The summed E-state index contributed by atoms with van der Waals surface area (Å²) >= 11 is 6.21. The van der Waals surface area contributed by atoms with Gasteiger partial charge in [0.2, 0.25) is 0 Å². The van der Waals surface area contributed by atoms with Crippen molar-refractivity contribution in [2.75, 3.05) is 48.0 Å². The van der Waals surface area contributed by atoms with Crippen LogP contribution in [0.5, 0.6) is 17.2 Å². The highest BCUT2D eigenvalue weighted by Crippen LogP contribution is 2.43. The number of carbonyl (C=O) groups excluding carboxylic acids is 2. The molecule has 1 aliphatic rings. The number of carbonyl (C=O) groups is 2. The Kier molecular flexibility index (Phi) is 8.06. The van der Waals surface area contributed by atoms with Gasteiger partial charge < -0.3 is 29.1 Å². The second-order valence-corrected chi connectivity index (χ2v) is 8.39. The van der Waals surface area contributed by atoms with Gasteiger partial charge in [0.1, 0.15) is 23.0 Å². The smallest absolute Gasteiger partial charge is 0.295 e. The molecule has 0 radical (unpaired) electrons. The molecule has 9 heteroatoms. The molecule has 1 fully saturated rings. The van der Waals surface area contributed by atoms with Crippen LogP contribution in [0.1, 0.15) is 24.1 Å². The van der Waals surface area contributed by atoms with Crippen LogP contribution < -0.4 is 14.2 Å². The van der Waals surface area contributed by atoms with E-state index in [9.17, 15) is 14.7 Å². The van der Waals surface area contributed by atoms with E-state index in [4.69, 9.17) is 25.8 Å². The zero-order chi connectivity index (χ0) is 25.0. The molecule has 1 heterocycles. The molecule has 1 saturated heterocycles. The highest BCUT2D eigenvalue weighted by molar-refractivity contribution is 6.46. The van der Waals surface area contributed by atoms with Gasteiger partial charge in [0, 0.05) is 19.2 Å². The van der Waals surface area contributed by atoms with Crippen molar-refractivity contribution < 1.29 is 28.9 Å². The van der Waals surface area contributed by atoms with Gasteiger partial charge in [-0.1, -0.05) is 23.7 Å². The van der Waals surface area contributed by atoms with Crippen LogP contribution in [-0.4, -0.2) is 74.6 Å². The summed E-state index contributed by atoms with van der Waals surface area (Å²) in [4.78, 5) is 29.7. The average molecular weight is 489 g/mol. The van der Waals surface area contributed by atoms with Gasteiger partial charge in [0.25, 0.3) is 11.7 Å². The van der Waals surface area contributed by atoms with E-state index >= 15 is 0 Å². The van der Waals surface area contributed by atoms with Crippen molar-refractivity contribution in [3.63, 3.8) is 0 Å². The summed E-state index contributed by atoms with van der Waals surface area (Å²) in [6.07, 6.45) is 0. The number of hydrogen-bond acceptors (Lipinski definition) is 7. The van der Waals surface area contributed by atoms with E-state index in [0.717, 1.165) is 0 Å². The number of methoxy groups -OCH3 is 2. The first-order chi connectivity index (χ1) is 16.2. The fourth-order valence-corrected chi connectivity index (χ4v) is 4.10. The predicted octanol–water partition coefficient (Wildman–Crippen LogP) is 3.74. The van der Waals surface area contributed by atoms with Crippen molar-refractivity contribution >= 4 is 29.1 Å². The molecule has 34 heavy (non-hydrogen) atoms. The van der Waals surface area contributed by atoms with E-state index in [0.29, 0.717) is 36.8 Å². The van der Waals surface area contributed by atoms with E-state index < -0.39 is 17.7 Å². The number of aliphatic hydroxyl groups excluding tert-OH is 1. The Morgan fingerprint density at radius 3 is 2.29 bits per heavy atom. The zero-order valence-corrected chi connectivity index (χ0v) is 20.7. The molecule has 1 amide bonds. The van der Waals surface area contributed by atoms with Gasteiger partial charge in [-0.2, -0.15) is 0 Å². The predicted molar refractivity (Wildman–Crippen MR) is 130 cm³/mol. The third-order valence-electron chi connectivity index (χ3n) is 5.56. The van der Waals surface area contributed by atoms with Crippen molar-refractivity contribution in [1.82, 2.24) is 9.80 Å². The lowest BCUT2D eigenvalue weighted by atomic mass is 9.94. The van der Waals surface area contributed by atoms with Gasteiger partial charge in [-0.3, -0.25) is 9.59 Å². The van der Waals surface area contributed by atoms with Crippen molar-refractivity contribution in [2.24, 2.45) is 0 Å². The van der Waals surface area contributed by atoms with Crippen LogP contribution in [0.3, 0.4) is 0 Å². The average Bonchev–Trinajstić information content (AvgIpc) is 3.07. The second-order valence-electron chi connectivity index (χ2n) is 7.98. The van der Waals surface area contributed by atoms with Crippen molar-refractivity contribution in [3.8, 4) is 17.2 Å². The molecule has 182 valence electrons. The molecule has 0 saturated carbocycles. The SMILES string of the molecule is CCOc1ccc(C2/C(=C(\O)c3cc(OC)c(Cl)cc3OC)C(=O)C(=O)N2CCN(C)C)cc1. The Labute approximate surface area is 204 Å². The normalized spacial score (nSPS) is 17.4. The Morgan fingerprint density at radius 1 is 1.09 bits per heavy atom. The highest BCUT2D eigenvalue weighted by Gasteiger charge is 2.46. The lowest BCUT2D eigenvalue weighted by Gasteiger charge is -2.27. The summed E-state index contributed by atoms with van der Waals surface area (Å²) < 4.78 is 16.2. The Bertz CT molecular complexity index is 1100. The van der Waals surface area contributed by atoms with Crippen LogP contribution in [0.2, 0.25) is 5.02 Å². The van der Waals surface area contributed by atoms with E-state index in [1.54, 1.807) is 24.3 Å². The minimum Gasteiger partial charge on any atom is -0.507 e. The summed E-state index contributed by atoms with van der Waals surface area (Å²) in [5.74, 6) is -0.609. The van der Waals surface area contributed by atoms with Crippen LogP contribution >= 0.6 is 11.6 Å². The van der Waals surface area contributed by atoms with E-state index in [1.165, 1.54) is 31.3 Å². The van der Waals surface area contributed by atoms with Crippen molar-refractivity contribution in [2.45, 2.75) is 13.0 Å². The molecule has 0 aromatic heterocycles. The van der Waals surface area contributed by atoms with Crippen molar-refractivity contribution in [3.05, 3.63) is 58.1 Å². The maximum Gasteiger partial charge on any atom is 0.295 e. The highest BCUT2D eigenvalue weighted by atomic mass is 35.5. The molecular weight excluding hydrogens is 460 g/mol. The van der Waals surface area contributed by atoms with E-state index in [2.05, 4.69) is 0 Å². The summed E-state index contributed by atoms with van der Waals surface area (Å²) in [5, 5.41) is 11.6. The van der Waals surface area contributed by atoms with Gasteiger partial charge in [-0.15, -0.1) is 0 Å².